The number of hydrogen-bond acceptors (Lipinski definition) is 3. The molecule has 0 aliphatic heterocycles. The Morgan fingerprint density at radius 3 is 1.82 bits per heavy atom. The van der Waals surface area contributed by atoms with Gasteiger partial charge in [0, 0.05) is 37.6 Å². The van der Waals surface area contributed by atoms with Crippen LogP contribution in [0.1, 0.15) is 26.3 Å². The highest BCUT2D eigenvalue weighted by Crippen LogP contribution is 2.46. The third-order valence-corrected chi connectivity index (χ3v) is 10.9. The number of benzene rings is 7. The predicted octanol–water partition coefficient (Wildman–Crippen LogP) is 14.1. The van der Waals surface area contributed by atoms with Crippen molar-refractivity contribution in [1.29, 1.82) is 0 Å². The van der Waals surface area contributed by atoms with E-state index in [0.29, 0.717) is 0 Å². The third kappa shape index (κ3) is 5.18. The maximum atomic E-state index is 6.10. The molecule has 0 aliphatic rings. The van der Waals surface area contributed by atoms with Gasteiger partial charge >= 0.3 is 0 Å². The van der Waals surface area contributed by atoms with Gasteiger partial charge in [-0.3, -0.25) is 0 Å². The van der Waals surface area contributed by atoms with E-state index in [1.54, 1.807) is 0 Å². The highest BCUT2D eigenvalue weighted by atomic mass is 32.1. The summed E-state index contributed by atoms with van der Waals surface area (Å²) in [7, 11) is 0. The van der Waals surface area contributed by atoms with E-state index in [9.17, 15) is 0 Å². The molecule has 0 N–H and O–H groups in total. The van der Waals surface area contributed by atoms with Gasteiger partial charge in [0.15, 0.2) is 0 Å². The number of para-hydroxylation sites is 1. The quantitative estimate of drug-likeness (QED) is 0.184. The molecule has 9 rings (SSSR count). The number of thiophene rings is 1. The van der Waals surface area contributed by atoms with E-state index in [2.05, 4.69) is 171 Å². The summed E-state index contributed by atoms with van der Waals surface area (Å²) < 4.78 is 8.70. The molecule has 0 radical (unpaired) electrons. The Bertz CT molecular complexity index is 2620. The van der Waals surface area contributed by atoms with Crippen molar-refractivity contribution in [1.82, 2.24) is 0 Å². The van der Waals surface area contributed by atoms with Crippen molar-refractivity contribution in [3.63, 3.8) is 0 Å². The Morgan fingerprint density at radius 1 is 0.469 bits per heavy atom. The monoisotopic (exact) mass is 649 g/mol. The number of anilines is 3. The summed E-state index contributed by atoms with van der Waals surface area (Å²) in [5.74, 6) is 0. The number of hydrogen-bond donors (Lipinski definition) is 0. The van der Waals surface area contributed by atoms with E-state index in [0.717, 1.165) is 33.3 Å². The minimum atomic E-state index is 0.0869. The summed E-state index contributed by atoms with van der Waals surface area (Å²) in [5.41, 5.74) is 11.5. The van der Waals surface area contributed by atoms with Gasteiger partial charge in [0.2, 0.25) is 0 Å². The van der Waals surface area contributed by atoms with Crippen molar-refractivity contribution in [3.8, 4) is 22.3 Å². The third-order valence-electron chi connectivity index (χ3n) is 9.65. The van der Waals surface area contributed by atoms with Crippen LogP contribution >= 0.6 is 11.3 Å². The van der Waals surface area contributed by atoms with Crippen LogP contribution in [0, 0.1) is 0 Å². The molecular weight excluding hydrogens is 615 g/mol. The minimum absolute atomic E-state index is 0.0869. The Morgan fingerprint density at radius 2 is 1.08 bits per heavy atom. The molecule has 7 aromatic carbocycles. The van der Waals surface area contributed by atoms with E-state index < -0.39 is 0 Å². The van der Waals surface area contributed by atoms with Gasteiger partial charge in [-0.05, 0) is 93.9 Å². The minimum Gasteiger partial charge on any atom is -0.456 e. The van der Waals surface area contributed by atoms with Crippen LogP contribution in [0.4, 0.5) is 17.1 Å². The molecule has 2 heterocycles. The van der Waals surface area contributed by atoms with Crippen LogP contribution in [0.2, 0.25) is 0 Å². The summed E-state index contributed by atoms with van der Waals surface area (Å²) in [5, 5.41) is 4.91. The lowest BCUT2D eigenvalue weighted by Gasteiger charge is -2.26. The molecule has 2 aromatic heterocycles. The van der Waals surface area contributed by atoms with Gasteiger partial charge in [-0.15, -0.1) is 11.3 Å². The van der Waals surface area contributed by atoms with Crippen LogP contribution < -0.4 is 4.90 Å². The SMILES string of the molecule is CC(C)(C)c1ccc2sc3c(N(c4ccc(-c5ccccc5)cc4)c4ccc(-c5ccc6oc7ccccc7c6c5)cc4)cccc3c2c1. The van der Waals surface area contributed by atoms with Crippen LogP contribution in [0.5, 0.6) is 0 Å². The lowest BCUT2D eigenvalue weighted by Crippen LogP contribution is -2.10. The molecule has 0 amide bonds. The first-order valence-electron chi connectivity index (χ1n) is 16.8. The Balaban J connectivity index is 1.18. The van der Waals surface area contributed by atoms with Gasteiger partial charge in [-0.2, -0.15) is 0 Å². The molecule has 2 nitrogen and oxygen atoms in total. The Kier molecular flexibility index (Phi) is 6.93. The van der Waals surface area contributed by atoms with Crippen LogP contribution in [0.3, 0.4) is 0 Å². The van der Waals surface area contributed by atoms with Gasteiger partial charge in [0.05, 0.1) is 10.4 Å². The van der Waals surface area contributed by atoms with Gasteiger partial charge in [0.1, 0.15) is 11.2 Å². The van der Waals surface area contributed by atoms with Gasteiger partial charge in [0.25, 0.3) is 0 Å². The predicted molar refractivity (Wildman–Crippen MR) is 211 cm³/mol. The van der Waals surface area contributed by atoms with E-state index in [4.69, 9.17) is 4.42 Å². The van der Waals surface area contributed by atoms with Crippen molar-refractivity contribution < 1.29 is 4.42 Å². The standard InChI is InChI=1S/C46H35NOS/c1-46(2,3)34-21-27-44-40(29-34)38-13-9-14-41(45(38)49-44)47(35-22-16-31(17-23-35)30-10-5-4-6-11-30)36-24-18-32(19-25-36)33-20-26-43-39(28-33)37-12-7-8-15-42(37)48-43/h4-29H,1-3H3. The van der Waals surface area contributed by atoms with Crippen LogP contribution in [-0.2, 0) is 5.41 Å². The smallest absolute Gasteiger partial charge is 0.135 e. The Hall–Kier alpha value is -5.64. The molecule has 49 heavy (non-hydrogen) atoms. The zero-order valence-electron chi connectivity index (χ0n) is 27.8. The maximum Gasteiger partial charge on any atom is 0.135 e. The fourth-order valence-corrected chi connectivity index (χ4v) is 8.18. The molecule has 0 unspecified atom stereocenters. The highest BCUT2D eigenvalue weighted by Gasteiger charge is 2.20. The molecule has 0 atom stereocenters. The zero-order valence-corrected chi connectivity index (χ0v) is 28.6. The van der Waals surface area contributed by atoms with Crippen LogP contribution in [-0.4, -0.2) is 0 Å². The molecule has 0 saturated heterocycles. The second kappa shape index (κ2) is 11.5. The van der Waals surface area contributed by atoms with Crippen molar-refractivity contribution in [2.45, 2.75) is 26.2 Å². The average molecular weight is 650 g/mol. The molecule has 0 fully saturated rings. The van der Waals surface area contributed by atoms with Gasteiger partial charge in [-0.1, -0.05) is 118 Å². The normalized spacial score (nSPS) is 12.0. The molecule has 236 valence electrons. The lowest BCUT2D eigenvalue weighted by molar-refractivity contribution is 0.591. The van der Waals surface area contributed by atoms with E-state index in [1.807, 2.05) is 23.5 Å². The molecule has 0 bridgehead atoms. The first-order valence-corrected chi connectivity index (χ1v) is 17.7. The summed E-state index contributed by atoms with van der Waals surface area (Å²) in [4.78, 5) is 2.41. The molecule has 0 aliphatic carbocycles. The summed E-state index contributed by atoms with van der Waals surface area (Å²) in [6.45, 7) is 6.86. The van der Waals surface area contributed by atoms with Crippen molar-refractivity contribution in [2.75, 3.05) is 4.90 Å². The topological polar surface area (TPSA) is 16.4 Å². The summed E-state index contributed by atoms with van der Waals surface area (Å²) in [6.07, 6.45) is 0. The second-order valence-electron chi connectivity index (χ2n) is 13.8. The molecule has 3 heteroatoms. The van der Waals surface area contributed by atoms with Gasteiger partial charge < -0.3 is 9.32 Å². The Labute approximate surface area is 290 Å². The van der Waals surface area contributed by atoms with Crippen LogP contribution in [0.25, 0.3) is 64.4 Å². The highest BCUT2D eigenvalue weighted by molar-refractivity contribution is 7.26. The number of furan rings is 1. The first kappa shape index (κ1) is 29.5. The van der Waals surface area contributed by atoms with E-state index in [1.165, 1.54) is 53.7 Å². The van der Waals surface area contributed by atoms with Crippen molar-refractivity contribution in [3.05, 3.63) is 163 Å². The van der Waals surface area contributed by atoms with E-state index >= 15 is 0 Å². The zero-order chi connectivity index (χ0) is 33.1. The number of nitrogens with zero attached hydrogens (tertiary/aromatic N) is 1. The van der Waals surface area contributed by atoms with Crippen molar-refractivity contribution in [2.24, 2.45) is 0 Å². The van der Waals surface area contributed by atoms with Gasteiger partial charge in [-0.25, -0.2) is 0 Å². The maximum absolute atomic E-state index is 6.10. The largest absolute Gasteiger partial charge is 0.456 e. The van der Waals surface area contributed by atoms with E-state index in [-0.39, 0.29) is 5.41 Å². The molecular formula is C46H35NOS. The molecule has 9 aromatic rings. The average Bonchev–Trinajstić information content (AvgIpc) is 3.71. The van der Waals surface area contributed by atoms with Crippen LogP contribution in [0.15, 0.2) is 162 Å². The second-order valence-corrected chi connectivity index (χ2v) is 14.9. The number of fused-ring (bicyclic) bond motifs is 6. The lowest BCUT2D eigenvalue weighted by atomic mass is 9.86. The fraction of sp³-hybridized carbons (Fsp3) is 0.0870. The molecule has 0 spiro atoms. The van der Waals surface area contributed by atoms with Crippen molar-refractivity contribution >= 4 is 70.5 Å². The number of rotatable bonds is 5. The summed E-state index contributed by atoms with van der Waals surface area (Å²) >= 11 is 1.88. The first-order chi connectivity index (χ1) is 23.9. The molecule has 0 saturated carbocycles. The summed E-state index contributed by atoms with van der Waals surface area (Å²) in [6, 6.07) is 57.0. The fourth-order valence-electron chi connectivity index (χ4n) is 7.00.